The van der Waals surface area contributed by atoms with Crippen molar-refractivity contribution in [3.05, 3.63) is 83.2 Å². The van der Waals surface area contributed by atoms with E-state index < -0.39 is 21.8 Å². The van der Waals surface area contributed by atoms with Gasteiger partial charge in [-0.3, -0.25) is 4.72 Å². The van der Waals surface area contributed by atoms with Crippen LogP contribution in [0.1, 0.15) is 22.5 Å². The first-order valence-electron chi connectivity index (χ1n) is 10.3. The summed E-state index contributed by atoms with van der Waals surface area (Å²) in [6, 6.07) is 12.5. The third kappa shape index (κ3) is 5.27. The Hall–Kier alpha value is -3.93. The summed E-state index contributed by atoms with van der Waals surface area (Å²) in [5.41, 5.74) is 2.21. The molecule has 0 fully saturated rings. The fourth-order valence-corrected chi connectivity index (χ4v) is 4.23. The highest BCUT2D eigenvalue weighted by Gasteiger charge is 2.30. The van der Waals surface area contributed by atoms with E-state index in [1.165, 1.54) is 24.3 Å². The van der Waals surface area contributed by atoms with Crippen LogP contribution < -0.4 is 9.46 Å². The molecule has 0 radical (unpaired) electrons. The van der Waals surface area contributed by atoms with Crippen molar-refractivity contribution < 1.29 is 26.3 Å². The second kappa shape index (κ2) is 9.02. The van der Waals surface area contributed by atoms with Gasteiger partial charge in [-0.1, -0.05) is 0 Å². The molecule has 8 nitrogen and oxygen atoms in total. The lowest BCUT2D eigenvalue weighted by Gasteiger charge is -2.11. The topological polar surface area (TPSA) is 99.0 Å². The first-order chi connectivity index (χ1) is 16.4. The lowest BCUT2D eigenvalue weighted by molar-refractivity contribution is -0.137. The molecule has 182 valence electrons. The molecule has 0 aliphatic carbocycles. The second-order valence-corrected chi connectivity index (χ2v) is 9.37. The summed E-state index contributed by atoms with van der Waals surface area (Å²) in [6.45, 7) is 5.83. The summed E-state index contributed by atoms with van der Waals surface area (Å²) in [4.78, 5) is -0.293. The lowest BCUT2D eigenvalue weighted by Crippen LogP contribution is -2.13. The fraction of sp³-hybridized carbons (Fsp3) is 0.174. The van der Waals surface area contributed by atoms with Crippen LogP contribution in [0.2, 0.25) is 0 Å². The van der Waals surface area contributed by atoms with E-state index in [1.807, 2.05) is 20.8 Å². The van der Waals surface area contributed by atoms with E-state index in [4.69, 9.17) is 4.74 Å². The fourth-order valence-electron chi connectivity index (χ4n) is 3.17. The zero-order chi connectivity index (χ0) is 25.4. The van der Waals surface area contributed by atoms with Gasteiger partial charge in [0.25, 0.3) is 10.0 Å². The molecule has 2 aromatic carbocycles. The molecular weight excluding hydrogens is 483 g/mol. The number of benzene rings is 2. The number of aromatic nitrogens is 4. The number of ether oxygens (including phenoxy) is 1. The molecule has 0 bridgehead atoms. The molecule has 0 spiro atoms. The predicted molar refractivity (Wildman–Crippen MR) is 122 cm³/mol. The van der Waals surface area contributed by atoms with Gasteiger partial charge in [-0.15, -0.1) is 10.2 Å². The number of alkyl halides is 3. The molecule has 4 aromatic rings. The van der Waals surface area contributed by atoms with Crippen molar-refractivity contribution in [2.75, 3.05) is 4.72 Å². The molecule has 2 aromatic heterocycles. The van der Waals surface area contributed by atoms with E-state index >= 15 is 0 Å². The van der Waals surface area contributed by atoms with Crippen molar-refractivity contribution in [1.29, 1.82) is 0 Å². The van der Waals surface area contributed by atoms with Gasteiger partial charge in [0.15, 0.2) is 5.82 Å². The Labute approximate surface area is 199 Å². The van der Waals surface area contributed by atoms with Crippen molar-refractivity contribution in [2.45, 2.75) is 31.8 Å². The maximum Gasteiger partial charge on any atom is 0.416 e. The largest absolute Gasteiger partial charge is 0.438 e. The van der Waals surface area contributed by atoms with Crippen LogP contribution >= 0.6 is 0 Å². The average Bonchev–Trinajstić information content (AvgIpc) is 3.07. The molecule has 0 amide bonds. The molecule has 0 saturated carbocycles. The van der Waals surface area contributed by atoms with E-state index in [9.17, 15) is 21.6 Å². The summed E-state index contributed by atoms with van der Waals surface area (Å²) in [7, 11) is -4.07. The molecule has 0 unspecified atom stereocenters. The predicted octanol–water partition coefficient (Wildman–Crippen LogP) is 5.20. The number of sulfonamides is 1. The van der Waals surface area contributed by atoms with Gasteiger partial charge in [0.2, 0.25) is 5.88 Å². The number of aryl methyl sites for hydroxylation is 1. The Balaban J connectivity index is 1.43. The standard InChI is InChI=1S/C23H20F3N5O3S/c1-14-15(2)29-31(16(14)3)21-12-13-22(28-27-21)34-19-8-6-18(7-9-19)30-35(32,33)20-10-4-17(5-11-20)23(24,25)26/h4-13,30H,1-3H3. The minimum atomic E-state index is -4.55. The van der Waals surface area contributed by atoms with Gasteiger partial charge in [0, 0.05) is 17.4 Å². The van der Waals surface area contributed by atoms with Gasteiger partial charge in [0.1, 0.15) is 5.75 Å². The number of nitrogens with zero attached hydrogens (tertiary/aromatic N) is 4. The quantitative estimate of drug-likeness (QED) is 0.388. The lowest BCUT2D eigenvalue weighted by atomic mass is 10.2. The van der Waals surface area contributed by atoms with E-state index in [0.29, 0.717) is 23.7 Å². The smallest absolute Gasteiger partial charge is 0.416 e. The van der Waals surface area contributed by atoms with E-state index in [2.05, 4.69) is 20.0 Å². The Morgan fingerprint density at radius 1 is 0.886 bits per heavy atom. The summed E-state index contributed by atoms with van der Waals surface area (Å²) in [5, 5.41) is 12.6. The van der Waals surface area contributed by atoms with Gasteiger partial charge < -0.3 is 4.74 Å². The Kier molecular flexibility index (Phi) is 6.24. The monoisotopic (exact) mass is 503 g/mol. The number of hydrogen-bond acceptors (Lipinski definition) is 6. The summed E-state index contributed by atoms with van der Waals surface area (Å²) >= 11 is 0. The van der Waals surface area contributed by atoms with Crippen molar-refractivity contribution in [1.82, 2.24) is 20.0 Å². The third-order valence-electron chi connectivity index (χ3n) is 5.32. The first kappa shape index (κ1) is 24.2. The Morgan fingerprint density at radius 3 is 2.06 bits per heavy atom. The van der Waals surface area contributed by atoms with Crippen molar-refractivity contribution in [3.8, 4) is 17.4 Å². The van der Waals surface area contributed by atoms with Gasteiger partial charge in [-0.05, 0) is 80.9 Å². The number of hydrogen-bond donors (Lipinski definition) is 1. The molecular formula is C23H20F3N5O3S. The van der Waals surface area contributed by atoms with Crippen LogP contribution in [-0.4, -0.2) is 28.4 Å². The molecule has 0 aliphatic heterocycles. The zero-order valence-electron chi connectivity index (χ0n) is 18.8. The zero-order valence-corrected chi connectivity index (χ0v) is 19.6. The molecule has 1 N–H and O–H groups in total. The van der Waals surface area contributed by atoms with Crippen molar-refractivity contribution in [3.63, 3.8) is 0 Å². The summed E-state index contributed by atoms with van der Waals surface area (Å²) < 4.78 is 72.7. The normalized spacial score (nSPS) is 11.9. The van der Waals surface area contributed by atoms with E-state index in [0.717, 1.165) is 29.1 Å². The van der Waals surface area contributed by atoms with Gasteiger partial charge >= 0.3 is 6.18 Å². The molecule has 0 saturated heterocycles. The number of halogens is 3. The Morgan fingerprint density at radius 2 is 1.54 bits per heavy atom. The number of anilines is 1. The second-order valence-electron chi connectivity index (χ2n) is 7.69. The average molecular weight is 504 g/mol. The number of nitrogens with one attached hydrogen (secondary N) is 1. The summed E-state index contributed by atoms with van der Waals surface area (Å²) in [5.74, 6) is 1.15. The van der Waals surface area contributed by atoms with Gasteiger partial charge in [0.05, 0.1) is 16.2 Å². The van der Waals surface area contributed by atoms with Gasteiger partial charge in [-0.2, -0.15) is 18.3 Å². The molecule has 12 heteroatoms. The summed E-state index contributed by atoms with van der Waals surface area (Å²) in [6.07, 6.45) is -4.55. The van der Waals surface area contributed by atoms with Crippen molar-refractivity contribution in [2.24, 2.45) is 0 Å². The maximum atomic E-state index is 12.7. The first-order valence-corrected chi connectivity index (χ1v) is 11.8. The highest BCUT2D eigenvalue weighted by molar-refractivity contribution is 7.92. The minimum absolute atomic E-state index is 0.207. The molecule has 0 atom stereocenters. The van der Waals surface area contributed by atoms with Crippen LogP contribution in [0.25, 0.3) is 5.82 Å². The highest BCUT2D eigenvalue weighted by Crippen LogP contribution is 2.30. The van der Waals surface area contributed by atoms with Gasteiger partial charge in [-0.25, -0.2) is 13.1 Å². The third-order valence-corrected chi connectivity index (χ3v) is 6.71. The SMILES string of the molecule is Cc1nn(-c2ccc(Oc3ccc(NS(=O)(=O)c4ccc(C(F)(F)F)cc4)cc3)nn2)c(C)c1C. The Bertz CT molecular complexity index is 1450. The van der Waals surface area contributed by atoms with Crippen LogP contribution in [0.3, 0.4) is 0 Å². The van der Waals surface area contributed by atoms with E-state index in [-0.39, 0.29) is 16.5 Å². The number of rotatable bonds is 6. The van der Waals surface area contributed by atoms with Crippen LogP contribution in [0.5, 0.6) is 11.6 Å². The molecule has 4 rings (SSSR count). The van der Waals surface area contributed by atoms with Crippen LogP contribution in [0.4, 0.5) is 18.9 Å². The highest BCUT2D eigenvalue weighted by atomic mass is 32.2. The maximum absolute atomic E-state index is 12.7. The molecule has 0 aliphatic rings. The molecule has 35 heavy (non-hydrogen) atoms. The molecule has 2 heterocycles. The van der Waals surface area contributed by atoms with E-state index in [1.54, 1.807) is 16.8 Å². The van der Waals surface area contributed by atoms with Crippen LogP contribution in [0.15, 0.2) is 65.6 Å². The van der Waals surface area contributed by atoms with Crippen LogP contribution in [-0.2, 0) is 16.2 Å². The van der Waals surface area contributed by atoms with Crippen LogP contribution in [0, 0.1) is 20.8 Å². The minimum Gasteiger partial charge on any atom is -0.438 e. The van der Waals surface area contributed by atoms with Crippen molar-refractivity contribution >= 4 is 15.7 Å².